The Balaban J connectivity index is 2.18. The number of nitrogens with one attached hydrogen (secondary N) is 1. The summed E-state index contributed by atoms with van der Waals surface area (Å²) >= 11 is 0.950. The Hall–Kier alpha value is -2.23. The molecule has 0 saturated carbocycles. The van der Waals surface area contributed by atoms with Gasteiger partial charge >= 0.3 is 4.87 Å². The van der Waals surface area contributed by atoms with E-state index in [1.165, 1.54) is 0 Å². The van der Waals surface area contributed by atoms with Crippen molar-refractivity contribution in [3.8, 4) is 5.88 Å². The van der Waals surface area contributed by atoms with Gasteiger partial charge in [-0.3, -0.25) is 9.78 Å². The number of nitrogens with zero attached hydrogens (tertiary/aromatic N) is 1. The van der Waals surface area contributed by atoms with Crippen LogP contribution in [0.3, 0.4) is 0 Å². The summed E-state index contributed by atoms with van der Waals surface area (Å²) in [5, 5.41) is 9.39. The molecule has 4 nitrogen and oxygen atoms in total. The summed E-state index contributed by atoms with van der Waals surface area (Å²) in [4.78, 5) is 15.5. The van der Waals surface area contributed by atoms with Crippen LogP contribution < -0.4 is 9.77 Å². The molecule has 0 aliphatic rings. The number of anilines is 1. The predicted octanol–water partition coefficient (Wildman–Crippen LogP) is 2.53. The monoisotopic (exact) mass is 274 g/mol. The van der Waals surface area contributed by atoms with Crippen LogP contribution in [0.1, 0.15) is 10.4 Å². The van der Waals surface area contributed by atoms with Gasteiger partial charge in [0.25, 0.3) is 0 Å². The van der Waals surface area contributed by atoms with E-state index in [2.05, 4.69) is 10.7 Å². The topological polar surface area (TPSA) is 56.3 Å². The highest BCUT2D eigenvalue weighted by atomic mass is 32.1. The Kier molecular flexibility index (Phi) is 3.90. The highest BCUT2D eigenvalue weighted by Gasteiger charge is 2.01. The largest absolute Gasteiger partial charge is 0.493 e. The minimum atomic E-state index is -0.277. The number of hydrogen-bond donors (Lipinski definition) is 2. The van der Waals surface area contributed by atoms with Gasteiger partial charge in [0.05, 0.1) is 0 Å². The molecule has 0 radical (unpaired) electrons. The molecule has 0 bridgehead atoms. The Bertz CT molecular complexity index is 674. The van der Waals surface area contributed by atoms with Gasteiger partial charge in [-0.15, -0.1) is 5.73 Å². The van der Waals surface area contributed by atoms with Crippen LogP contribution in [0.15, 0.2) is 34.8 Å². The standard InChI is InChI=1S/C14H14N2O2S/c1-16(2)11-8-6-10(7-9-11)4-3-5-12-13(17)15-14(18)19-12/h4-9,17H,1-2H3,(H,15,18). The van der Waals surface area contributed by atoms with Gasteiger partial charge in [-0.2, -0.15) is 0 Å². The number of benzene rings is 1. The molecule has 0 amide bonds. The van der Waals surface area contributed by atoms with E-state index in [4.69, 9.17) is 0 Å². The third-order valence-electron chi connectivity index (χ3n) is 2.53. The fourth-order valence-electron chi connectivity index (χ4n) is 1.51. The molecule has 0 aliphatic heterocycles. The second-order valence-corrected chi connectivity index (χ2v) is 5.18. The minimum absolute atomic E-state index is 0.112. The molecule has 1 aromatic carbocycles. The average Bonchev–Trinajstić information content (AvgIpc) is 2.68. The highest BCUT2D eigenvalue weighted by molar-refractivity contribution is 7.10. The third kappa shape index (κ3) is 3.37. The number of rotatable bonds is 3. The number of H-pyrrole nitrogens is 1. The predicted molar refractivity (Wildman–Crippen MR) is 79.8 cm³/mol. The zero-order valence-electron chi connectivity index (χ0n) is 10.7. The maximum Gasteiger partial charge on any atom is 0.307 e. The Labute approximate surface area is 115 Å². The van der Waals surface area contributed by atoms with Crippen molar-refractivity contribution in [1.82, 2.24) is 4.98 Å². The Morgan fingerprint density at radius 2 is 1.95 bits per heavy atom. The number of aromatic nitrogens is 1. The van der Waals surface area contributed by atoms with Gasteiger partial charge in [-0.25, -0.2) is 0 Å². The van der Waals surface area contributed by atoms with Crippen molar-refractivity contribution in [2.24, 2.45) is 0 Å². The van der Waals surface area contributed by atoms with Gasteiger partial charge < -0.3 is 10.0 Å². The van der Waals surface area contributed by atoms with E-state index < -0.39 is 0 Å². The van der Waals surface area contributed by atoms with Crippen molar-refractivity contribution in [3.05, 3.63) is 50.1 Å². The SMILES string of the molecule is CN(C)c1ccc(C=C=Cc2sc(=O)[nH]c2O)cc1. The van der Waals surface area contributed by atoms with Gasteiger partial charge in [-0.05, 0) is 23.8 Å². The summed E-state index contributed by atoms with van der Waals surface area (Å²) in [7, 11) is 3.97. The second kappa shape index (κ2) is 5.61. The minimum Gasteiger partial charge on any atom is -0.493 e. The smallest absolute Gasteiger partial charge is 0.307 e. The molecule has 5 heteroatoms. The maximum absolute atomic E-state index is 11.0. The van der Waals surface area contributed by atoms with E-state index in [0.717, 1.165) is 22.6 Å². The third-order valence-corrected chi connectivity index (χ3v) is 3.35. The summed E-state index contributed by atoms with van der Waals surface area (Å²) in [6, 6.07) is 7.99. The number of aromatic hydroxyl groups is 1. The first-order chi connectivity index (χ1) is 9.06. The number of aromatic amines is 1. The van der Waals surface area contributed by atoms with Crippen molar-refractivity contribution in [2.75, 3.05) is 19.0 Å². The van der Waals surface area contributed by atoms with Crippen LogP contribution in [-0.2, 0) is 0 Å². The summed E-state index contributed by atoms with van der Waals surface area (Å²) in [6.45, 7) is 0. The highest BCUT2D eigenvalue weighted by Crippen LogP contribution is 2.17. The summed E-state index contributed by atoms with van der Waals surface area (Å²) in [6.07, 6.45) is 3.38. The molecular weight excluding hydrogens is 260 g/mol. The lowest BCUT2D eigenvalue weighted by atomic mass is 10.2. The van der Waals surface area contributed by atoms with Crippen molar-refractivity contribution < 1.29 is 5.11 Å². The lowest BCUT2D eigenvalue weighted by molar-refractivity contribution is 0.455. The van der Waals surface area contributed by atoms with E-state index in [9.17, 15) is 9.90 Å². The summed E-state index contributed by atoms with van der Waals surface area (Å²) in [5.74, 6) is -0.112. The van der Waals surface area contributed by atoms with Crippen LogP contribution >= 0.6 is 11.3 Å². The molecule has 0 fully saturated rings. The molecule has 2 aromatic rings. The molecule has 0 saturated heterocycles. The van der Waals surface area contributed by atoms with Crippen molar-refractivity contribution in [3.63, 3.8) is 0 Å². The van der Waals surface area contributed by atoms with Gasteiger partial charge in [-0.1, -0.05) is 23.5 Å². The van der Waals surface area contributed by atoms with E-state index >= 15 is 0 Å². The quantitative estimate of drug-likeness (QED) is 0.846. The lowest BCUT2D eigenvalue weighted by Crippen LogP contribution is -2.07. The fraction of sp³-hybridized carbons (Fsp3) is 0.143. The normalized spacial score (nSPS) is 9.79. The van der Waals surface area contributed by atoms with Gasteiger partial charge in [0.2, 0.25) is 5.88 Å². The molecule has 98 valence electrons. The maximum atomic E-state index is 11.0. The van der Waals surface area contributed by atoms with Gasteiger partial charge in [0, 0.05) is 25.9 Å². The molecule has 1 aromatic heterocycles. The van der Waals surface area contributed by atoms with Gasteiger partial charge in [0.1, 0.15) is 4.88 Å². The molecular formula is C14H14N2O2S. The number of thiazole rings is 1. The summed E-state index contributed by atoms with van der Waals surface area (Å²) < 4.78 is 0. The van der Waals surface area contributed by atoms with Crippen LogP contribution in [-0.4, -0.2) is 24.2 Å². The summed E-state index contributed by atoms with van der Waals surface area (Å²) in [5.41, 5.74) is 5.08. The second-order valence-electron chi connectivity index (χ2n) is 4.17. The van der Waals surface area contributed by atoms with Gasteiger partial charge in [0.15, 0.2) is 0 Å². The first kappa shape index (κ1) is 13.2. The molecule has 0 atom stereocenters. The lowest BCUT2D eigenvalue weighted by Gasteiger charge is -2.11. The zero-order chi connectivity index (χ0) is 13.8. The molecule has 1 heterocycles. The Morgan fingerprint density at radius 3 is 2.47 bits per heavy atom. The molecule has 0 spiro atoms. The average molecular weight is 274 g/mol. The first-order valence-electron chi connectivity index (χ1n) is 5.68. The molecule has 2 rings (SSSR count). The van der Waals surface area contributed by atoms with E-state index in [0.29, 0.717) is 4.88 Å². The van der Waals surface area contributed by atoms with Crippen LogP contribution in [0.2, 0.25) is 0 Å². The molecule has 0 aliphatic carbocycles. The molecule has 2 N–H and O–H groups in total. The van der Waals surface area contributed by atoms with E-state index in [-0.39, 0.29) is 10.8 Å². The van der Waals surface area contributed by atoms with E-state index in [1.807, 2.05) is 43.3 Å². The van der Waals surface area contributed by atoms with Crippen LogP contribution in [0.25, 0.3) is 12.2 Å². The van der Waals surface area contributed by atoms with Crippen molar-refractivity contribution >= 4 is 29.2 Å². The fourth-order valence-corrected chi connectivity index (χ4v) is 2.13. The van der Waals surface area contributed by atoms with E-state index in [1.54, 1.807) is 12.2 Å². The molecule has 19 heavy (non-hydrogen) atoms. The Morgan fingerprint density at radius 1 is 1.26 bits per heavy atom. The van der Waals surface area contributed by atoms with Crippen molar-refractivity contribution in [1.29, 1.82) is 0 Å². The number of hydrogen-bond acceptors (Lipinski definition) is 4. The van der Waals surface area contributed by atoms with Crippen LogP contribution in [0, 0.1) is 0 Å². The molecule has 0 unspecified atom stereocenters. The van der Waals surface area contributed by atoms with Crippen LogP contribution in [0.4, 0.5) is 5.69 Å². The van der Waals surface area contributed by atoms with Crippen molar-refractivity contribution in [2.45, 2.75) is 0 Å². The van der Waals surface area contributed by atoms with Crippen LogP contribution in [0.5, 0.6) is 5.88 Å². The first-order valence-corrected chi connectivity index (χ1v) is 6.50. The zero-order valence-corrected chi connectivity index (χ0v) is 11.5.